The lowest BCUT2D eigenvalue weighted by atomic mass is 10.0. The third-order valence-electron chi connectivity index (χ3n) is 5.29. The standard InChI is InChI=1S/C26H24N2O6S/c1-31-21-12-11-17(14-18(21)15-35-16-20-10-7-13-34-20)23-22(25(29)32-2)24(26(30)33-3)28(27-23)19-8-5-4-6-9-19/h4-14H,15-16H2,1-3H3. The first kappa shape index (κ1) is 24.2. The van der Waals surface area contributed by atoms with Gasteiger partial charge >= 0.3 is 11.9 Å². The summed E-state index contributed by atoms with van der Waals surface area (Å²) in [5.74, 6) is 1.53. The maximum Gasteiger partial charge on any atom is 0.357 e. The van der Waals surface area contributed by atoms with Gasteiger partial charge in [-0.1, -0.05) is 18.2 Å². The van der Waals surface area contributed by atoms with Gasteiger partial charge in [0, 0.05) is 16.9 Å². The molecule has 9 heteroatoms. The fourth-order valence-corrected chi connectivity index (χ4v) is 4.56. The van der Waals surface area contributed by atoms with Crippen molar-refractivity contribution in [3.8, 4) is 22.7 Å². The molecule has 0 saturated carbocycles. The molecule has 0 saturated heterocycles. The van der Waals surface area contributed by atoms with Gasteiger partial charge in [-0.3, -0.25) is 0 Å². The van der Waals surface area contributed by atoms with Crippen molar-refractivity contribution in [2.24, 2.45) is 0 Å². The van der Waals surface area contributed by atoms with Crippen LogP contribution in [0.15, 0.2) is 71.3 Å². The number of carbonyl (C=O) groups excluding carboxylic acids is 2. The van der Waals surface area contributed by atoms with Crippen LogP contribution >= 0.6 is 11.8 Å². The molecule has 0 aliphatic rings. The minimum absolute atomic E-state index is 0.00916. The van der Waals surface area contributed by atoms with Crippen molar-refractivity contribution in [3.63, 3.8) is 0 Å². The van der Waals surface area contributed by atoms with Gasteiger partial charge in [-0.05, 0) is 42.5 Å². The Bertz CT molecular complexity index is 1320. The van der Waals surface area contributed by atoms with Crippen molar-refractivity contribution in [2.45, 2.75) is 11.5 Å². The fourth-order valence-electron chi connectivity index (χ4n) is 3.65. The van der Waals surface area contributed by atoms with Crippen LogP contribution in [0.5, 0.6) is 5.75 Å². The number of benzene rings is 2. The average Bonchev–Trinajstić information content (AvgIpc) is 3.56. The van der Waals surface area contributed by atoms with Crippen molar-refractivity contribution in [1.29, 1.82) is 0 Å². The summed E-state index contributed by atoms with van der Waals surface area (Å²) in [7, 11) is 4.12. The smallest absolute Gasteiger partial charge is 0.357 e. The van der Waals surface area contributed by atoms with Crippen LogP contribution in [0.4, 0.5) is 0 Å². The largest absolute Gasteiger partial charge is 0.496 e. The first-order valence-corrected chi connectivity index (χ1v) is 11.8. The number of rotatable bonds is 9. The lowest BCUT2D eigenvalue weighted by Crippen LogP contribution is -2.15. The molecular formula is C26H24N2O6S. The average molecular weight is 493 g/mol. The summed E-state index contributed by atoms with van der Waals surface area (Å²) in [6.45, 7) is 0. The van der Waals surface area contributed by atoms with Crippen LogP contribution in [-0.2, 0) is 21.0 Å². The van der Waals surface area contributed by atoms with Crippen LogP contribution in [0.3, 0.4) is 0 Å². The maximum absolute atomic E-state index is 12.9. The number of carbonyl (C=O) groups is 2. The molecule has 0 N–H and O–H groups in total. The van der Waals surface area contributed by atoms with Gasteiger partial charge in [0.1, 0.15) is 22.8 Å². The summed E-state index contributed by atoms with van der Waals surface area (Å²) in [5, 5.41) is 4.66. The Balaban J connectivity index is 1.81. The highest BCUT2D eigenvalue weighted by Crippen LogP contribution is 2.34. The number of hydrogen-bond acceptors (Lipinski definition) is 8. The topological polar surface area (TPSA) is 92.8 Å². The Morgan fingerprint density at radius 1 is 0.943 bits per heavy atom. The second-order valence-corrected chi connectivity index (χ2v) is 8.39. The number of furan rings is 1. The van der Waals surface area contributed by atoms with Gasteiger partial charge in [0.05, 0.1) is 39.0 Å². The van der Waals surface area contributed by atoms with Crippen LogP contribution in [0.25, 0.3) is 16.9 Å². The van der Waals surface area contributed by atoms with Gasteiger partial charge < -0.3 is 18.6 Å². The molecule has 2 heterocycles. The van der Waals surface area contributed by atoms with Crippen molar-refractivity contribution >= 4 is 23.7 Å². The fraction of sp³-hybridized carbons (Fsp3) is 0.192. The number of hydrogen-bond donors (Lipinski definition) is 0. The Hall–Kier alpha value is -3.98. The zero-order valence-corrected chi connectivity index (χ0v) is 20.3. The SMILES string of the molecule is COC(=O)c1c(-c2ccc(OC)c(CSCc3ccco3)c2)nn(-c2ccccc2)c1C(=O)OC. The molecule has 8 nitrogen and oxygen atoms in total. The van der Waals surface area contributed by atoms with E-state index in [0.29, 0.717) is 34.2 Å². The third kappa shape index (κ3) is 5.09. The summed E-state index contributed by atoms with van der Waals surface area (Å²) in [5.41, 5.74) is 2.48. The zero-order valence-electron chi connectivity index (χ0n) is 19.5. The van der Waals surface area contributed by atoms with Crippen molar-refractivity contribution in [3.05, 3.63) is 89.5 Å². The monoisotopic (exact) mass is 492 g/mol. The van der Waals surface area contributed by atoms with Gasteiger partial charge in [-0.25, -0.2) is 14.3 Å². The van der Waals surface area contributed by atoms with E-state index in [1.165, 1.54) is 18.9 Å². The maximum atomic E-state index is 12.9. The van der Waals surface area contributed by atoms with E-state index < -0.39 is 11.9 Å². The van der Waals surface area contributed by atoms with E-state index in [1.807, 2.05) is 42.5 Å². The van der Waals surface area contributed by atoms with Gasteiger partial charge in [0.2, 0.25) is 0 Å². The van der Waals surface area contributed by atoms with Crippen molar-refractivity contribution in [1.82, 2.24) is 9.78 Å². The molecule has 0 spiro atoms. The highest BCUT2D eigenvalue weighted by Gasteiger charge is 2.31. The third-order valence-corrected chi connectivity index (χ3v) is 6.29. The van der Waals surface area contributed by atoms with Crippen LogP contribution in [-0.4, -0.2) is 43.0 Å². The Morgan fingerprint density at radius 2 is 1.71 bits per heavy atom. The summed E-state index contributed by atoms with van der Waals surface area (Å²) in [6, 6.07) is 18.4. The van der Waals surface area contributed by atoms with E-state index in [9.17, 15) is 9.59 Å². The molecule has 2 aromatic carbocycles. The van der Waals surface area contributed by atoms with Gasteiger partial charge in [-0.15, -0.1) is 11.8 Å². The zero-order chi connectivity index (χ0) is 24.8. The van der Waals surface area contributed by atoms with Gasteiger partial charge in [0.15, 0.2) is 5.69 Å². The first-order chi connectivity index (χ1) is 17.1. The van der Waals surface area contributed by atoms with Crippen LogP contribution in [0, 0.1) is 0 Å². The number of esters is 2. The lowest BCUT2D eigenvalue weighted by molar-refractivity contribution is 0.0549. The summed E-state index contributed by atoms with van der Waals surface area (Å²) in [4.78, 5) is 25.7. The van der Waals surface area contributed by atoms with E-state index in [0.717, 1.165) is 11.3 Å². The molecular weight excluding hydrogens is 468 g/mol. The molecule has 0 aliphatic heterocycles. The van der Waals surface area contributed by atoms with Crippen LogP contribution in [0.1, 0.15) is 32.2 Å². The molecule has 180 valence electrons. The predicted octanol–water partition coefficient (Wildman–Crippen LogP) is 5.15. The molecule has 0 fully saturated rings. The lowest BCUT2D eigenvalue weighted by Gasteiger charge is -2.10. The summed E-state index contributed by atoms with van der Waals surface area (Å²) >= 11 is 1.66. The van der Waals surface area contributed by atoms with Crippen LogP contribution < -0.4 is 4.74 Å². The molecule has 4 rings (SSSR count). The van der Waals surface area contributed by atoms with Gasteiger partial charge in [-0.2, -0.15) is 5.10 Å². The predicted molar refractivity (Wildman–Crippen MR) is 132 cm³/mol. The van der Waals surface area contributed by atoms with E-state index in [2.05, 4.69) is 5.10 Å². The minimum Gasteiger partial charge on any atom is -0.496 e. The second-order valence-electron chi connectivity index (χ2n) is 7.40. The molecule has 0 atom stereocenters. The minimum atomic E-state index is -0.698. The quantitative estimate of drug-likeness (QED) is 0.296. The summed E-state index contributed by atoms with van der Waals surface area (Å²) in [6.07, 6.45) is 1.65. The molecule has 0 amide bonds. The number of nitrogens with zero attached hydrogens (tertiary/aromatic N) is 2. The summed E-state index contributed by atoms with van der Waals surface area (Å²) < 4.78 is 22.4. The Labute approximate surface area is 206 Å². The number of thioether (sulfide) groups is 1. The number of methoxy groups -OCH3 is 3. The molecule has 35 heavy (non-hydrogen) atoms. The van der Waals surface area contributed by atoms with E-state index in [-0.39, 0.29) is 11.3 Å². The molecule has 4 aromatic rings. The van der Waals surface area contributed by atoms with E-state index >= 15 is 0 Å². The molecule has 0 unspecified atom stereocenters. The second kappa shape index (κ2) is 11.0. The normalized spacial score (nSPS) is 10.7. The molecule has 0 aliphatic carbocycles. The highest BCUT2D eigenvalue weighted by atomic mass is 32.2. The number of aromatic nitrogens is 2. The molecule has 0 radical (unpaired) electrons. The highest BCUT2D eigenvalue weighted by molar-refractivity contribution is 7.97. The van der Waals surface area contributed by atoms with Crippen molar-refractivity contribution < 1.29 is 28.2 Å². The van der Waals surface area contributed by atoms with E-state index in [4.69, 9.17) is 18.6 Å². The first-order valence-electron chi connectivity index (χ1n) is 10.7. The van der Waals surface area contributed by atoms with Crippen molar-refractivity contribution in [2.75, 3.05) is 21.3 Å². The van der Waals surface area contributed by atoms with Crippen LogP contribution in [0.2, 0.25) is 0 Å². The Kier molecular flexibility index (Phi) is 7.57. The molecule has 0 bridgehead atoms. The Morgan fingerprint density at radius 3 is 2.37 bits per heavy atom. The number of ether oxygens (including phenoxy) is 3. The number of para-hydroxylation sites is 1. The van der Waals surface area contributed by atoms with E-state index in [1.54, 1.807) is 43.3 Å². The molecule has 2 aromatic heterocycles. The van der Waals surface area contributed by atoms with Gasteiger partial charge in [0.25, 0.3) is 0 Å².